The van der Waals surface area contributed by atoms with Gasteiger partial charge in [-0.1, -0.05) is 6.07 Å². The van der Waals surface area contributed by atoms with Gasteiger partial charge in [0.25, 0.3) is 0 Å². The summed E-state index contributed by atoms with van der Waals surface area (Å²) in [6, 6.07) is 4.97. The van der Waals surface area contributed by atoms with E-state index in [1.165, 1.54) is 0 Å². The normalized spacial score (nSPS) is 13.3. The summed E-state index contributed by atoms with van der Waals surface area (Å²) >= 11 is 0. The molecule has 1 unspecified atom stereocenters. The highest BCUT2D eigenvalue weighted by Crippen LogP contribution is 2.20. The van der Waals surface area contributed by atoms with Gasteiger partial charge in [-0.15, -0.1) is 0 Å². The van der Waals surface area contributed by atoms with Gasteiger partial charge in [0.05, 0.1) is 23.1 Å². The SMILES string of the molecule is CNCc1n[nH]c(C)c1S(=O)(=O)NC(C)c1ccccn1. The minimum atomic E-state index is -3.67. The van der Waals surface area contributed by atoms with Gasteiger partial charge in [0, 0.05) is 12.7 Å². The lowest BCUT2D eigenvalue weighted by atomic mass is 10.2. The van der Waals surface area contributed by atoms with E-state index in [9.17, 15) is 8.42 Å². The predicted molar refractivity (Wildman–Crippen MR) is 79.1 cm³/mol. The van der Waals surface area contributed by atoms with Crippen molar-refractivity contribution in [3.05, 3.63) is 41.5 Å². The van der Waals surface area contributed by atoms with Gasteiger partial charge in [-0.3, -0.25) is 10.1 Å². The summed E-state index contributed by atoms with van der Waals surface area (Å²) in [5, 5.41) is 9.65. The van der Waals surface area contributed by atoms with Crippen molar-refractivity contribution in [3.63, 3.8) is 0 Å². The highest BCUT2D eigenvalue weighted by Gasteiger charge is 2.26. The molecule has 1 atom stereocenters. The molecule has 0 aromatic carbocycles. The van der Waals surface area contributed by atoms with E-state index in [4.69, 9.17) is 0 Å². The summed E-state index contributed by atoms with van der Waals surface area (Å²) in [5.74, 6) is 0. The van der Waals surface area contributed by atoms with E-state index in [0.29, 0.717) is 23.6 Å². The van der Waals surface area contributed by atoms with Crippen LogP contribution in [0.4, 0.5) is 0 Å². The minimum Gasteiger partial charge on any atom is -0.314 e. The zero-order chi connectivity index (χ0) is 15.5. The van der Waals surface area contributed by atoms with Gasteiger partial charge in [-0.2, -0.15) is 5.10 Å². The topological polar surface area (TPSA) is 99.8 Å². The van der Waals surface area contributed by atoms with Crippen molar-refractivity contribution in [1.29, 1.82) is 0 Å². The molecule has 7 nitrogen and oxygen atoms in total. The maximum atomic E-state index is 12.6. The Morgan fingerprint density at radius 2 is 2.14 bits per heavy atom. The predicted octanol–water partition coefficient (Wildman–Crippen LogP) is 0.872. The first-order valence-electron chi connectivity index (χ1n) is 6.57. The highest BCUT2D eigenvalue weighted by atomic mass is 32.2. The Balaban J connectivity index is 2.29. The van der Waals surface area contributed by atoms with Gasteiger partial charge >= 0.3 is 0 Å². The van der Waals surface area contributed by atoms with Gasteiger partial charge in [0.2, 0.25) is 10.0 Å². The molecule has 0 amide bonds. The first-order chi connectivity index (χ1) is 9.95. The molecule has 0 aliphatic rings. The third-order valence-electron chi connectivity index (χ3n) is 3.04. The number of aromatic nitrogens is 3. The molecule has 2 heterocycles. The number of sulfonamides is 1. The smallest absolute Gasteiger partial charge is 0.244 e. The van der Waals surface area contributed by atoms with Crippen LogP contribution >= 0.6 is 0 Å². The average Bonchev–Trinajstić information content (AvgIpc) is 2.81. The van der Waals surface area contributed by atoms with Crippen LogP contribution in [-0.2, 0) is 16.6 Å². The molecular formula is C13H19N5O2S. The Bertz CT molecular complexity index is 697. The standard InChI is InChI=1S/C13H19N5O2S/c1-9(11-6-4-5-7-15-11)18-21(19,20)13-10(2)16-17-12(13)8-14-3/h4-7,9,14,18H,8H2,1-3H3,(H,16,17). The number of aromatic amines is 1. The second-order valence-corrected chi connectivity index (χ2v) is 6.40. The van der Waals surface area contributed by atoms with Gasteiger partial charge in [0.1, 0.15) is 4.90 Å². The summed E-state index contributed by atoms with van der Waals surface area (Å²) in [5.41, 5.74) is 1.65. The van der Waals surface area contributed by atoms with Crippen LogP contribution in [0.1, 0.15) is 30.0 Å². The molecule has 0 aliphatic carbocycles. The molecule has 2 aromatic rings. The van der Waals surface area contributed by atoms with Crippen molar-refractivity contribution in [2.24, 2.45) is 0 Å². The van der Waals surface area contributed by atoms with Crippen molar-refractivity contribution in [1.82, 2.24) is 25.2 Å². The molecule has 2 rings (SSSR count). The van der Waals surface area contributed by atoms with E-state index in [0.717, 1.165) is 0 Å². The summed E-state index contributed by atoms with van der Waals surface area (Å²) in [4.78, 5) is 4.36. The van der Waals surface area contributed by atoms with Crippen LogP contribution in [-0.4, -0.2) is 30.6 Å². The van der Waals surface area contributed by atoms with Gasteiger partial charge < -0.3 is 5.32 Å². The molecule has 0 radical (unpaired) electrons. The van der Waals surface area contributed by atoms with E-state index in [1.807, 2.05) is 6.07 Å². The molecule has 0 saturated heterocycles. The molecule has 0 saturated carbocycles. The molecule has 0 aliphatic heterocycles. The fourth-order valence-electron chi connectivity index (χ4n) is 2.10. The maximum Gasteiger partial charge on any atom is 0.244 e. The zero-order valence-corrected chi connectivity index (χ0v) is 13.0. The Morgan fingerprint density at radius 3 is 2.76 bits per heavy atom. The van der Waals surface area contributed by atoms with Crippen molar-refractivity contribution >= 4 is 10.0 Å². The monoisotopic (exact) mass is 309 g/mol. The Hall–Kier alpha value is -1.77. The van der Waals surface area contributed by atoms with Crippen LogP contribution in [0, 0.1) is 6.92 Å². The lowest BCUT2D eigenvalue weighted by Gasteiger charge is -2.14. The molecule has 114 valence electrons. The lowest BCUT2D eigenvalue weighted by Crippen LogP contribution is -2.28. The second-order valence-electron chi connectivity index (χ2n) is 4.75. The first-order valence-corrected chi connectivity index (χ1v) is 8.05. The van der Waals surface area contributed by atoms with Gasteiger partial charge in [-0.05, 0) is 33.0 Å². The fraction of sp³-hybridized carbons (Fsp3) is 0.385. The van der Waals surface area contributed by atoms with Crippen molar-refractivity contribution < 1.29 is 8.42 Å². The van der Waals surface area contributed by atoms with E-state index in [-0.39, 0.29) is 4.90 Å². The zero-order valence-electron chi connectivity index (χ0n) is 12.2. The number of nitrogens with one attached hydrogen (secondary N) is 3. The van der Waals surface area contributed by atoms with Crippen LogP contribution < -0.4 is 10.0 Å². The van der Waals surface area contributed by atoms with Gasteiger partial charge in [-0.25, -0.2) is 13.1 Å². The first kappa shape index (κ1) is 15.6. The van der Waals surface area contributed by atoms with Crippen LogP contribution in [0.15, 0.2) is 29.3 Å². The summed E-state index contributed by atoms with van der Waals surface area (Å²) in [6.45, 7) is 3.82. The molecule has 2 aromatic heterocycles. The van der Waals surface area contributed by atoms with Crippen molar-refractivity contribution in [3.8, 4) is 0 Å². The number of hydrogen-bond acceptors (Lipinski definition) is 5. The summed E-state index contributed by atoms with van der Waals surface area (Å²) in [6.07, 6.45) is 1.63. The molecular weight excluding hydrogens is 290 g/mol. The number of nitrogens with zero attached hydrogens (tertiary/aromatic N) is 2. The largest absolute Gasteiger partial charge is 0.314 e. The second kappa shape index (κ2) is 6.33. The molecule has 0 spiro atoms. The van der Waals surface area contributed by atoms with E-state index in [1.54, 1.807) is 39.2 Å². The average molecular weight is 309 g/mol. The maximum absolute atomic E-state index is 12.6. The quantitative estimate of drug-likeness (QED) is 0.735. The van der Waals surface area contributed by atoms with Crippen LogP contribution in [0.5, 0.6) is 0 Å². The van der Waals surface area contributed by atoms with Crippen LogP contribution in [0.25, 0.3) is 0 Å². The number of aryl methyl sites for hydroxylation is 1. The van der Waals surface area contributed by atoms with Crippen LogP contribution in [0.2, 0.25) is 0 Å². The van der Waals surface area contributed by atoms with Crippen molar-refractivity contribution in [2.75, 3.05) is 7.05 Å². The molecule has 8 heteroatoms. The van der Waals surface area contributed by atoms with Crippen LogP contribution in [0.3, 0.4) is 0 Å². The lowest BCUT2D eigenvalue weighted by molar-refractivity contribution is 0.561. The number of pyridine rings is 1. The molecule has 0 fully saturated rings. The van der Waals surface area contributed by atoms with E-state index < -0.39 is 16.1 Å². The fourth-order valence-corrected chi connectivity index (χ4v) is 3.68. The molecule has 0 bridgehead atoms. The molecule has 21 heavy (non-hydrogen) atoms. The van der Waals surface area contributed by atoms with Gasteiger partial charge in [0.15, 0.2) is 0 Å². The third kappa shape index (κ3) is 3.46. The summed E-state index contributed by atoms with van der Waals surface area (Å²) in [7, 11) is -1.93. The minimum absolute atomic E-state index is 0.194. The number of H-pyrrole nitrogens is 1. The molecule has 3 N–H and O–H groups in total. The van der Waals surface area contributed by atoms with E-state index >= 15 is 0 Å². The number of rotatable bonds is 6. The Morgan fingerprint density at radius 1 is 1.38 bits per heavy atom. The third-order valence-corrected chi connectivity index (χ3v) is 4.78. The highest BCUT2D eigenvalue weighted by molar-refractivity contribution is 7.89. The summed E-state index contributed by atoms with van der Waals surface area (Å²) < 4.78 is 27.8. The van der Waals surface area contributed by atoms with E-state index in [2.05, 4.69) is 25.2 Å². The Kier molecular flexibility index (Phi) is 4.71. The van der Waals surface area contributed by atoms with Crippen molar-refractivity contribution in [2.45, 2.75) is 31.3 Å². The number of hydrogen-bond donors (Lipinski definition) is 3. The Labute approximate surface area is 124 Å².